The van der Waals surface area contributed by atoms with Crippen LogP contribution in [0.1, 0.15) is 43.4 Å². The van der Waals surface area contributed by atoms with Gasteiger partial charge in [0.2, 0.25) is 0 Å². The van der Waals surface area contributed by atoms with Gasteiger partial charge in [0, 0.05) is 23.7 Å². The molecule has 4 rings (SSSR count). The monoisotopic (exact) mass is 455 g/mol. The molecule has 2 aliphatic rings. The molecule has 1 amide bonds. The zero-order valence-electron chi connectivity index (χ0n) is 17.9. The molecular formula is C25H26ClNO5. The van der Waals surface area contributed by atoms with E-state index in [2.05, 4.69) is 0 Å². The van der Waals surface area contributed by atoms with Gasteiger partial charge in [-0.3, -0.25) is 9.59 Å². The smallest absolute Gasteiger partial charge is 0.295 e. The zero-order valence-corrected chi connectivity index (χ0v) is 18.7. The lowest BCUT2D eigenvalue weighted by molar-refractivity contribution is -0.140. The third-order valence-electron chi connectivity index (χ3n) is 5.75. The summed E-state index contributed by atoms with van der Waals surface area (Å²) < 4.78 is 11.4. The maximum atomic E-state index is 13.1. The van der Waals surface area contributed by atoms with Gasteiger partial charge in [-0.25, -0.2) is 0 Å². The Balaban J connectivity index is 1.75. The average molecular weight is 456 g/mol. The molecule has 2 aromatic rings. The lowest BCUT2D eigenvalue weighted by atomic mass is 9.95. The van der Waals surface area contributed by atoms with E-state index in [0.29, 0.717) is 36.1 Å². The van der Waals surface area contributed by atoms with Crippen molar-refractivity contribution in [1.29, 1.82) is 0 Å². The molecular weight excluding hydrogens is 430 g/mol. The van der Waals surface area contributed by atoms with Crippen molar-refractivity contribution < 1.29 is 24.2 Å². The summed E-state index contributed by atoms with van der Waals surface area (Å²) in [5.74, 6) is -0.838. The first-order valence-electron chi connectivity index (χ1n) is 10.9. The molecule has 0 saturated carbocycles. The number of nitrogens with zero attached hydrogens (tertiary/aromatic N) is 1. The molecule has 0 aromatic heterocycles. The van der Waals surface area contributed by atoms with Gasteiger partial charge in [0.25, 0.3) is 11.7 Å². The molecule has 6 nitrogen and oxygen atoms in total. The van der Waals surface area contributed by atoms with Crippen molar-refractivity contribution in [1.82, 2.24) is 4.90 Å². The van der Waals surface area contributed by atoms with Crippen molar-refractivity contribution in [3.05, 3.63) is 70.3 Å². The molecule has 0 spiro atoms. The molecule has 2 saturated heterocycles. The fourth-order valence-electron chi connectivity index (χ4n) is 4.15. The highest BCUT2D eigenvalue weighted by Gasteiger charge is 2.47. The predicted octanol–water partition coefficient (Wildman–Crippen LogP) is 4.73. The van der Waals surface area contributed by atoms with Gasteiger partial charge >= 0.3 is 0 Å². The minimum Gasteiger partial charge on any atom is -0.507 e. The standard InChI is InChI=1S/C25H26ClNO5/c1-2-13-31-19-11-7-16(8-12-19)22-21(23(28)17-5-9-18(26)10-6-17)24(29)25(30)27(22)15-20-4-3-14-32-20/h5-12,20,22,28H,2-4,13-15H2,1H3. The SMILES string of the molecule is CCCOc1ccc(C2C(=C(O)c3ccc(Cl)cc3)C(=O)C(=O)N2CC2CCCO2)cc1. The topological polar surface area (TPSA) is 76.1 Å². The Labute approximate surface area is 192 Å². The number of rotatable bonds is 7. The lowest BCUT2D eigenvalue weighted by Crippen LogP contribution is -2.36. The molecule has 2 aliphatic heterocycles. The number of likely N-dealkylation sites (tertiary alicyclic amines) is 1. The summed E-state index contributed by atoms with van der Waals surface area (Å²) in [7, 11) is 0. The number of aliphatic hydroxyl groups excluding tert-OH is 1. The van der Waals surface area contributed by atoms with Crippen molar-refractivity contribution in [2.24, 2.45) is 0 Å². The van der Waals surface area contributed by atoms with Crippen LogP contribution in [-0.2, 0) is 14.3 Å². The second-order valence-corrected chi connectivity index (χ2v) is 8.45. The van der Waals surface area contributed by atoms with Crippen LogP contribution >= 0.6 is 11.6 Å². The average Bonchev–Trinajstić information content (AvgIpc) is 3.40. The Bertz CT molecular complexity index is 1010. The van der Waals surface area contributed by atoms with E-state index in [1.165, 1.54) is 4.90 Å². The molecule has 0 radical (unpaired) electrons. The van der Waals surface area contributed by atoms with Crippen LogP contribution < -0.4 is 4.74 Å². The van der Waals surface area contributed by atoms with Gasteiger partial charge < -0.3 is 19.5 Å². The van der Waals surface area contributed by atoms with Gasteiger partial charge in [-0.2, -0.15) is 0 Å². The molecule has 2 fully saturated rings. The number of hydrogen-bond acceptors (Lipinski definition) is 5. The van der Waals surface area contributed by atoms with Crippen LogP contribution in [0.2, 0.25) is 5.02 Å². The number of aliphatic hydroxyl groups is 1. The second-order valence-electron chi connectivity index (χ2n) is 8.01. The molecule has 0 bridgehead atoms. The summed E-state index contributed by atoms with van der Waals surface area (Å²) in [6.07, 6.45) is 2.52. The number of carbonyl (C=O) groups excluding carboxylic acids is 2. The van der Waals surface area contributed by atoms with E-state index in [1.807, 2.05) is 31.2 Å². The summed E-state index contributed by atoms with van der Waals surface area (Å²) in [4.78, 5) is 27.6. The molecule has 2 atom stereocenters. The summed E-state index contributed by atoms with van der Waals surface area (Å²) in [6, 6.07) is 13.1. The third kappa shape index (κ3) is 4.52. The highest BCUT2D eigenvalue weighted by atomic mass is 35.5. The molecule has 2 unspecified atom stereocenters. The van der Waals surface area contributed by atoms with Crippen LogP contribution in [0.3, 0.4) is 0 Å². The number of amides is 1. The molecule has 7 heteroatoms. The zero-order chi connectivity index (χ0) is 22.7. The van der Waals surface area contributed by atoms with Crippen LogP contribution in [0.15, 0.2) is 54.1 Å². The first kappa shape index (κ1) is 22.4. The van der Waals surface area contributed by atoms with E-state index < -0.39 is 17.7 Å². The molecule has 168 valence electrons. The van der Waals surface area contributed by atoms with Crippen molar-refractivity contribution in [3.63, 3.8) is 0 Å². The van der Waals surface area contributed by atoms with E-state index in [4.69, 9.17) is 21.1 Å². The normalized spacial score (nSPS) is 22.5. The van der Waals surface area contributed by atoms with Crippen LogP contribution in [-0.4, -0.2) is 47.6 Å². The first-order valence-corrected chi connectivity index (χ1v) is 11.3. The fraction of sp³-hybridized carbons (Fsp3) is 0.360. The predicted molar refractivity (Wildman–Crippen MR) is 122 cm³/mol. The van der Waals surface area contributed by atoms with E-state index in [0.717, 1.165) is 24.8 Å². The van der Waals surface area contributed by atoms with Crippen molar-refractivity contribution in [2.75, 3.05) is 19.8 Å². The van der Waals surface area contributed by atoms with Gasteiger partial charge in [0.15, 0.2) is 0 Å². The fourth-order valence-corrected chi connectivity index (χ4v) is 4.28. The first-order chi connectivity index (χ1) is 15.5. The minimum absolute atomic E-state index is 0.0672. The summed E-state index contributed by atoms with van der Waals surface area (Å²) in [5, 5.41) is 11.6. The number of ketones is 1. The van der Waals surface area contributed by atoms with Gasteiger partial charge in [0.1, 0.15) is 11.5 Å². The van der Waals surface area contributed by atoms with Crippen LogP contribution in [0.5, 0.6) is 5.75 Å². The van der Waals surface area contributed by atoms with E-state index in [-0.39, 0.29) is 17.4 Å². The van der Waals surface area contributed by atoms with Crippen molar-refractivity contribution in [2.45, 2.75) is 38.3 Å². The largest absolute Gasteiger partial charge is 0.507 e. The van der Waals surface area contributed by atoms with Crippen LogP contribution in [0, 0.1) is 0 Å². The Morgan fingerprint density at radius 3 is 2.50 bits per heavy atom. The molecule has 2 heterocycles. The number of Topliss-reactive ketones (excluding diaryl/α,β-unsaturated/α-hetero) is 1. The van der Waals surface area contributed by atoms with E-state index in [1.54, 1.807) is 24.3 Å². The molecule has 1 N–H and O–H groups in total. The molecule has 2 aromatic carbocycles. The van der Waals surface area contributed by atoms with E-state index in [9.17, 15) is 14.7 Å². The van der Waals surface area contributed by atoms with Gasteiger partial charge in [-0.15, -0.1) is 0 Å². The van der Waals surface area contributed by atoms with Crippen LogP contribution in [0.4, 0.5) is 0 Å². The highest BCUT2D eigenvalue weighted by Crippen LogP contribution is 2.40. The quantitative estimate of drug-likeness (QED) is 0.371. The Kier molecular flexibility index (Phi) is 6.82. The molecule has 32 heavy (non-hydrogen) atoms. The maximum absolute atomic E-state index is 13.1. The Morgan fingerprint density at radius 2 is 1.88 bits per heavy atom. The number of benzene rings is 2. The van der Waals surface area contributed by atoms with Crippen LogP contribution in [0.25, 0.3) is 5.76 Å². The highest BCUT2D eigenvalue weighted by molar-refractivity contribution is 6.46. The Hall–Kier alpha value is -2.83. The summed E-state index contributed by atoms with van der Waals surface area (Å²) >= 11 is 5.97. The van der Waals surface area contributed by atoms with Gasteiger partial charge in [-0.05, 0) is 61.2 Å². The van der Waals surface area contributed by atoms with Crippen molar-refractivity contribution in [3.8, 4) is 5.75 Å². The number of carbonyl (C=O) groups is 2. The number of halogens is 1. The van der Waals surface area contributed by atoms with Crippen molar-refractivity contribution >= 4 is 29.1 Å². The van der Waals surface area contributed by atoms with Gasteiger partial charge in [-0.1, -0.05) is 30.7 Å². The number of ether oxygens (including phenoxy) is 2. The van der Waals surface area contributed by atoms with Gasteiger partial charge in [0.05, 0.1) is 24.3 Å². The minimum atomic E-state index is -0.713. The molecule has 0 aliphatic carbocycles. The van der Waals surface area contributed by atoms with E-state index >= 15 is 0 Å². The second kappa shape index (κ2) is 9.76. The Morgan fingerprint density at radius 1 is 1.16 bits per heavy atom. The lowest BCUT2D eigenvalue weighted by Gasteiger charge is -2.27. The third-order valence-corrected chi connectivity index (χ3v) is 6.00. The summed E-state index contributed by atoms with van der Waals surface area (Å²) in [6.45, 7) is 3.57. The number of hydrogen-bond donors (Lipinski definition) is 1. The maximum Gasteiger partial charge on any atom is 0.295 e. The summed E-state index contributed by atoms with van der Waals surface area (Å²) in [5.41, 5.74) is 1.22.